The van der Waals surface area contributed by atoms with Crippen LogP contribution in [0.1, 0.15) is 10.4 Å². The molecule has 19 heavy (non-hydrogen) atoms. The van der Waals surface area contributed by atoms with Crippen LogP contribution in [0, 0.1) is 0 Å². The molecule has 0 radical (unpaired) electrons. The largest absolute Gasteiger partial charge is 0.497 e. The number of nitrogens with two attached hydrogens (primary N) is 1. The Balaban J connectivity index is 2.54. The van der Waals surface area contributed by atoms with Gasteiger partial charge >= 0.3 is 0 Å². The first-order chi connectivity index (χ1) is 9.21. The maximum absolute atomic E-state index is 11.2. The van der Waals surface area contributed by atoms with E-state index in [0.717, 1.165) is 5.56 Å². The number of carbonyl (C=O) groups excluding carboxylic acids is 1. The fraction of sp³-hybridized carbons (Fsp3) is 0.231. The molecular formula is C13H15N3O3. The molecule has 3 N–H and O–H groups in total. The molecule has 1 heterocycles. The summed E-state index contributed by atoms with van der Waals surface area (Å²) < 4.78 is 6.56. The predicted octanol–water partition coefficient (Wildman–Crippen LogP) is 0.946. The lowest BCUT2D eigenvalue weighted by molar-refractivity contribution is 0.112. The molecule has 0 aliphatic rings. The van der Waals surface area contributed by atoms with Crippen LogP contribution in [-0.2, 0) is 6.54 Å². The van der Waals surface area contributed by atoms with Gasteiger partial charge in [-0.3, -0.25) is 4.79 Å². The van der Waals surface area contributed by atoms with Crippen molar-refractivity contribution < 1.29 is 14.6 Å². The van der Waals surface area contributed by atoms with Gasteiger partial charge in [-0.15, -0.1) is 0 Å². The zero-order valence-electron chi connectivity index (χ0n) is 10.5. The van der Waals surface area contributed by atoms with E-state index in [1.54, 1.807) is 19.2 Å². The number of anilines is 1. The molecule has 0 bridgehead atoms. The molecule has 0 saturated carbocycles. The molecule has 0 aliphatic carbocycles. The Morgan fingerprint density at radius 3 is 2.95 bits per heavy atom. The first-order valence-electron chi connectivity index (χ1n) is 5.78. The summed E-state index contributed by atoms with van der Waals surface area (Å²) >= 11 is 0. The minimum Gasteiger partial charge on any atom is -0.497 e. The Morgan fingerprint density at radius 2 is 2.32 bits per heavy atom. The van der Waals surface area contributed by atoms with Gasteiger partial charge in [0.05, 0.1) is 25.8 Å². The van der Waals surface area contributed by atoms with E-state index in [0.29, 0.717) is 23.3 Å². The van der Waals surface area contributed by atoms with Gasteiger partial charge in [0, 0.05) is 5.56 Å². The highest BCUT2D eigenvalue weighted by atomic mass is 16.5. The van der Waals surface area contributed by atoms with Crippen LogP contribution in [0.3, 0.4) is 0 Å². The summed E-state index contributed by atoms with van der Waals surface area (Å²) in [4.78, 5) is 11.2. The number of benzene rings is 1. The van der Waals surface area contributed by atoms with E-state index in [1.807, 2.05) is 12.1 Å². The first-order valence-corrected chi connectivity index (χ1v) is 5.78. The Kier molecular flexibility index (Phi) is 3.82. The van der Waals surface area contributed by atoms with E-state index in [-0.39, 0.29) is 19.0 Å². The van der Waals surface area contributed by atoms with Crippen LogP contribution < -0.4 is 10.5 Å². The van der Waals surface area contributed by atoms with E-state index in [2.05, 4.69) is 5.10 Å². The number of nitrogen functional groups attached to an aromatic ring is 1. The fourth-order valence-corrected chi connectivity index (χ4v) is 1.85. The minimum absolute atomic E-state index is 0.0955. The van der Waals surface area contributed by atoms with E-state index in [4.69, 9.17) is 15.6 Å². The van der Waals surface area contributed by atoms with Crippen LogP contribution in [0.4, 0.5) is 5.82 Å². The third kappa shape index (κ3) is 2.43. The molecule has 0 saturated heterocycles. The van der Waals surface area contributed by atoms with Crippen LogP contribution in [0.2, 0.25) is 0 Å². The second kappa shape index (κ2) is 5.53. The standard InChI is InChI=1S/C13H15N3O3/c1-19-10-4-2-3-9(7-10)12-11(8-18)13(14)16(15-12)5-6-17/h2-4,7-8,17H,5-6,14H2,1H3. The number of hydrogen-bond acceptors (Lipinski definition) is 5. The summed E-state index contributed by atoms with van der Waals surface area (Å²) in [5.74, 6) is 0.923. The highest BCUT2D eigenvalue weighted by molar-refractivity contribution is 5.91. The van der Waals surface area contributed by atoms with Crippen molar-refractivity contribution in [1.29, 1.82) is 0 Å². The fourth-order valence-electron chi connectivity index (χ4n) is 1.85. The molecule has 1 aromatic heterocycles. The Labute approximate surface area is 110 Å². The molecule has 0 unspecified atom stereocenters. The quantitative estimate of drug-likeness (QED) is 0.782. The molecule has 2 aromatic rings. The van der Waals surface area contributed by atoms with Crippen molar-refractivity contribution in [3.8, 4) is 17.0 Å². The van der Waals surface area contributed by atoms with Gasteiger partial charge in [-0.05, 0) is 12.1 Å². The van der Waals surface area contributed by atoms with Crippen molar-refractivity contribution in [3.05, 3.63) is 29.8 Å². The van der Waals surface area contributed by atoms with Crippen LogP contribution in [0.25, 0.3) is 11.3 Å². The van der Waals surface area contributed by atoms with Crippen molar-refractivity contribution in [2.75, 3.05) is 19.5 Å². The molecule has 0 aliphatic heterocycles. The summed E-state index contributed by atoms with van der Waals surface area (Å²) in [6.45, 7) is 0.151. The van der Waals surface area contributed by atoms with Crippen LogP contribution in [0.5, 0.6) is 5.75 Å². The SMILES string of the molecule is COc1cccc(-c2nn(CCO)c(N)c2C=O)c1. The Bertz CT molecular complexity index is 593. The van der Waals surface area contributed by atoms with Crippen molar-refractivity contribution >= 4 is 12.1 Å². The summed E-state index contributed by atoms with van der Waals surface area (Å²) in [5.41, 5.74) is 7.38. The maximum Gasteiger partial charge on any atom is 0.156 e. The molecule has 6 nitrogen and oxygen atoms in total. The average molecular weight is 261 g/mol. The second-order valence-corrected chi connectivity index (χ2v) is 3.94. The summed E-state index contributed by atoms with van der Waals surface area (Å²) in [5, 5.41) is 13.2. The lowest BCUT2D eigenvalue weighted by Gasteiger charge is -2.02. The van der Waals surface area contributed by atoms with Crippen LogP contribution >= 0.6 is 0 Å². The smallest absolute Gasteiger partial charge is 0.156 e. The number of hydrogen-bond donors (Lipinski definition) is 2. The molecule has 0 fully saturated rings. The summed E-state index contributed by atoms with van der Waals surface area (Å²) in [7, 11) is 1.57. The number of aromatic nitrogens is 2. The summed E-state index contributed by atoms with van der Waals surface area (Å²) in [6, 6.07) is 7.21. The molecule has 2 rings (SSSR count). The van der Waals surface area contributed by atoms with Crippen molar-refractivity contribution in [2.24, 2.45) is 0 Å². The monoisotopic (exact) mass is 261 g/mol. The maximum atomic E-state index is 11.2. The van der Waals surface area contributed by atoms with Crippen molar-refractivity contribution in [2.45, 2.75) is 6.54 Å². The van der Waals surface area contributed by atoms with Crippen LogP contribution in [0.15, 0.2) is 24.3 Å². The van der Waals surface area contributed by atoms with E-state index in [9.17, 15) is 4.79 Å². The number of ether oxygens (including phenoxy) is 1. The van der Waals surface area contributed by atoms with Crippen LogP contribution in [-0.4, -0.2) is 34.9 Å². The van der Waals surface area contributed by atoms with E-state index < -0.39 is 0 Å². The number of rotatable bonds is 5. The van der Waals surface area contributed by atoms with Crippen molar-refractivity contribution in [1.82, 2.24) is 9.78 Å². The molecule has 0 spiro atoms. The lowest BCUT2D eigenvalue weighted by atomic mass is 10.1. The summed E-state index contributed by atoms with van der Waals surface area (Å²) in [6.07, 6.45) is 0.672. The molecule has 100 valence electrons. The predicted molar refractivity (Wildman–Crippen MR) is 71.1 cm³/mol. The molecule has 0 atom stereocenters. The average Bonchev–Trinajstić information content (AvgIpc) is 2.76. The Morgan fingerprint density at radius 1 is 1.53 bits per heavy atom. The highest BCUT2D eigenvalue weighted by Crippen LogP contribution is 2.28. The van der Waals surface area contributed by atoms with Gasteiger partial charge in [-0.1, -0.05) is 12.1 Å². The van der Waals surface area contributed by atoms with Gasteiger partial charge in [0.15, 0.2) is 6.29 Å². The second-order valence-electron chi connectivity index (χ2n) is 3.94. The third-order valence-corrected chi connectivity index (χ3v) is 2.80. The first kappa shape index (κ1) is 13.1. The zero-order chi connectivity index (χ0) is 13.8. The van der Waals surface area contributed by atoms with Gasteiger partial charge in [0.25, 0.3) is 0 Å². The number of aldehydes is 1. The number of methoxy groups -OCH3 is 1. The van der Waals surface area contributed by atoms with Gasteiger partial charge in [0.1, 0.15) is 17.3 Å². The van der Waals surface area contributed by atoms with E-state index in [1.165, 1.54) is 4.68 Å². The highest BCUT2D eigenvalue weighted by Gasteiger charge is 2.16. The van der Waals surface area contributed by atoms with Gasteiger partial charge in [-0.2, -0.15) is 5.10 Å². The van der Waals surface area contributed by atoms with E-state index >= 15 is 0 Å². The zero-order valence-corrected chi connectivity index (χ0v) is 10.5. The van der Waals surface area contributed by atoms with Gasteiger partial charge in [-0.25, -0.2) is 4.68 Å². The van der Waals surface area contributed by atoms with Gasteiger partial charge in [0.2, 0.25) is 0 Å². The van der Waals surface area contributed by atoms with Gasteiger partial charge < -0.3 is 15.6 Å². The number of carbonyl (C=O) groups is 1. The molecular weight excluding hydrogens is 246 g/mol. The van der Waals surface area contributed by atoms with Crippen molar-refractivity contribution in [3.63, 3.8) is 0 Å². The minimum atomic E-state index is -0.0955. The lowest BCUT2D eigenvalue weighted by Crippen LogP contribution is -2.08. The molecule has 0 amide bonds. The normalized spacial score (nSPS) is 10.4. The molecule has 1 aromatic carbocycles. The Hall–Kier alpha value is -2.34. The molecule has 6 heteroatoms. The third-order valence-electron chi connectivity index (χ3n) is 2.80. The number of aliphatic hydroxyl groups excluding tert-OH is 1. The topological polar surface area (TPSA) is 90.4 Å². The number of aliphatic hydroxyl groups is 1. The number of nitrogens with zero attached hydrogens (tertiary/aromatic N) is 2.